The lowest BCUT2D eigenvalue weighted by Crippen LogP contribution is -2.53. The molecule has 134 valence electrons. The zero-order chi connectivity index (χ0) is 17.2. The first-order valence-electron chi connectivity index (χ1n) is 7.39. The molecule has 0 aromatic heterocycles. The van der Waals surface area contributed by atoms with Crippen molar-refractivity contribution < 1.29 is 18.0 Å². The zero-order valence-corrected chi connectivity index (χ0v) is 15.3. The summed E-state index contributed by atoms with van der Waals surface area (Å²) in [5, 5.41) is 0. The van der Waals surface area contributed by atoms with E-state index in [0.717, 1.165) is 0 Å². The number of carbonyl (C=O) groups is 2. The molecule has 0 bridgehead atoms. The third kappa shape index (κ3) is 4.32. The van der Waals surface area contributed by atoms with Crippen LogP contribution in [0.2, 0.25) is 0 Å². The maximum absolute atomic E-state index is 12.6. The standard InChI is InChI=1S/C15H21N3O4S.ClH/c1-11(16)15(20)17-7-9-18(10-8-17)23(21,22)14-5-3-13(4-6-14)12(2)19;/h3-6,11H,7-10,16H2,1-2H3;1H/t11-;/m0./s1. The van der Waals surface area contributed by atoms with Gasteiger partial charge in [-0.3, -0.25) is 9.59 Å². The number of amides is 1. The number of benzene rings is 1. The summed E-state index contributed by atoms with van der Waals surface area (Å²) < 4.78 is 26.5. The lowest BCUT2D eigenvalue weighted by molar-refractivity contribution is -0.133. The fraction of sp³-hybridized carbons (Fsp3) is 0.467. The fourth-order valence-corrected chi connectivity index (χ4v) is 3.87. The van der Waals surface area contributed by atoms with E-state index >= 15 is 0 Å². The van der Waals surface area contributed by atoms with Gasteiger partial charge in [-0.15, -0.1) is 12.4 Å². The van der Waals surface area contributed by atoms with Gasteiger partial charge >= 0.3 is 0 Å². The van der Waals surface area contributed by atoms with Gasteiger partial charge < -0.3 is 10.6 Å². The van der Waals surface area contributed by atoms with E-state index in [1.165, 1.54) is 35.5 Å². The van der Waals surface area contributed by atoms with Gasteiger partial charge in [0.15, 0.2) is 5.78 Å². The van der Waals surface area contributed by atoms with E-state index in [1.807, 2.05) is 0 Å². The van der Waals surface area contributed by atoms with Crippen LogP contribution in [0.15, 0.2) is 29.2 Å². The van der Waals surface area contributed by atoms with E-state index in [-0.39, 0.29) is 42.1 Å². The highest BCUT2D eigenvalue weighted by Crippen LogP contribution is 2.18. The van der Waals surface area contributed by atoms with Crippen LogP contribution in [-0.4, -0.2) is 61.5 Å². The van der Waals surface area contributed by atoms with Gasteiger partial charge in [0.25, 0.3) is 0 Å². The number of piperazine rings is 1. The highest BCUT2D eigenvalue weighted by Gasteiger charge is 2.30. The minimum Gasteiger partial charge on any atom is -0.339 e. The SMILES string of the molecule is CC(=O)c1ccc(S(=O)(=O)N2CCN(C(=O)[C@H](C)N)CC2)cc1.Cl. The van der Waals surface area contributed by atoms with Crippen LogP contribution in [0.1, 0.15) is 24.2 Å². The predicted molar refractivity (Wildman–Crippen MR) is 92.7 cm³/mol. The first-order valence-corrected chi connectivity index (χ1v) is 8.83. The van der Waals surface area contributed by atoms with Crippen molar-refractivity contribution in [2.24, 2.45) is 5.73 Å². The molecule has 9 heteroatoms. The molecule has 2 rings (SSSR count). The van der Waals surface area contributed by atoms with Gasteiger partial charge in [-0.2, -0.15) is 4.31 Å². The summed E-state index contributed by atoms with van der Waals surface area (Å²) in [7, 11) is -3.62. The summed E-state index contributed by atoms with van der Waals surface area (Å²) in [4.78, 5) is 24.8. The monoisotopic (exact) mass is 375 g/mol. The van der Waals surface area contributed by atoms with Gasteiger partial charge in [-0.25, -0.2) is 8.42 Å². The van der Waals surface area contributed by atoms with Crippen molar-refractivity contribution in [2.75, 3.05) is 26.2 Å². The molecule has 1 amide bonds. The Balaban J connectivity index is 0.00000288. The Hall–Kier alpha value is -1.48. The van der Waals surface area contributed by atoms with Crippen molar-refractivity contribution in [1.82, 2.24) is 9.21 Å². The lowest BCUT2D eigenvalue weighted by atomic mass is 10.2. The number of sulfonamides is 1. The molecule has 1 heterocycles. The highest BCUT2D eigenvalue weighted by molar-refractivity contribution is 7.89. The Morgan fingerprint density at radius 3 is 2.00 bits per heavy atom. The minimum atomic E-state index is -3.62. The highest BCUT2D eigenvalue weighted by atomic mass is 35.5. The van der Waals surface area contributed by atoms with Crippen LogP contribution in [0.3, 0.4) is 0 Å². The van der Waals surface area contributed by atoms with Crippen LogP contribution in [-0.2, 0) is 14.8 Å². The molecule has 1 atom stereocenters. The van der Waals surface area contributed by atoms with E-state index in [2.05, 4.69) is 0 Å². The molecule has 24 heavy (non-hydrogen) atoms. The Bertz CT molecular complexity index is 696. The van der Waals surface area contributed by atoms with Crippen molar-refractivity contribution in [2.45, 2.75) is 24.8 Å². The van der Waals surface area contributed by atoms with E-state index in [1.54, 1.807) is 11.8 Å². The Morgan fingerprint density at radius 1 is 1.08 bits per heavy atom. The van der Waals surface area contributed by atoms with Crippen molar-refractivity contribution in [3.63, 3.8) is 0 Å². The number of Topliss-reactive ketones (excluding diaryl/α,β-unsaturated/α-hetero) is 1. The second-order valence-electron chi connectivity index (χ2n) is 5.60. The summed E-state index contributed by atoms with van der Waals surface area (Å²) in [6.45, 7) is 4.15. The van der Waals surface area contributed by atoms with Gasteiger partial charge in [-0.1, -0.05) is 12.1 Å². The average Bonchev–Trinajstić information content (AvgIpc) is 2.54. The second kappa shape index (κ2) is 8.06. The second-order valence-corrected chi connectivity index (χ2v) is 7.54. The minimum absolute atomic E-state index is 0. The molecular formula is C15H22ClN3O4S. The molecule has 1 fully saturated rings. The van der Waals surface area contributed by atoms with Crippen LogP contribution in [0.4, 0.5) is 0 Å². The summed E-state index contributed by atoms with van der Waals surface area (Å²) in [5.74, 6) is -0.287. The summed E-state index contributed by atoms with van der Waals surface area (Å²) >= 11 is 0. The van der Waals surface area contributed by atoms with Gasteiger partial charge in [-0.05, 0) is 26.0 Å². The molecule has 1 aromatic carbocycles. The number of carbonyl (C=O) groups excluding carboxylic acids is 2. The first-order chi connectivity index (χ1) is 10.7. The maximum atomic E-state index is 12.6. The molecule has 2 N–H and O–H groups in total. The number of ketones is 1. The number of rotatable bonds is 4. The third-order valence-corrected chi connectivity index (χ3v) is 5.75. The smallest absolute Gasteiger partial charge is 0.243 e. The average molecular weight is 376 g/mol. The molecule has 1 saturated heterocycles. The topological polar surface area (TPSA) is 101 Å². The number of halogens is 1. The van der Waals surface area contributed by atoms with E-state index in [0.29, 0.717) is 18.7 Å². The van der Waals surface area contributed by atoms with Crippen LogP contribution in [0.5, 0.6) is 0 Å². The first kappa shape index (κ1) is 20.6. The largest absolute Gasteiger partial charge is 0.339 e. The van der Waals surface area contributed by atoms with Gasteiger partial charge in [0.1, 0.15) is 0 Å². The Kier molecular flexibility index (Phi) is 6.91. The van der Waals surface area contributed by atoms with Crippen LogP contribution in [0, 0.1) is 0 Å². The molecule has 7 nitrogen and oxygen atoms in total. The zero-order valence-electron chi connectivity index (χ0n) is 13.6. The van der Waals surface area contributed by atoms with Crippen LogP contribution < -0.4 is 5.73 Å². The van der Waals surface area contributed by atoms with Crippen LogP contribution >= 0.6 is 12.4 Å². The molecule has 0 unspecified atom stereocenters. The normalized spacial score (nSPS) is 17.0. The van der Waals surface area contributed by atoms with Crippen molar-refractivity contribution in [3.8, 4) is 0 Å². The summed E-state index contributed by atoms with van der Waals surface area (Å²) in [6.07, 6.45) is 0. The molecule has 1 aromatic rings. The fourth-order valence-electron chi connectivity index (χ4n) is 2.45. The van der Waals surface area contributed by atoms with E-state index in [4.69, 9.17) is 5.73 Å². The summed E-state index contributed by atoms with van der Waals surface area (Å²) in [6, 6.07) is 5.30. The number of nitrogens with zero attached hydrogens (tertiary/aromatic N) is 2. The van der Waals surface area contributed by atoms with Gasteiger partial charge in [0.2, 0.25) is 15.9 Å². The Labute approximate surface area is 148 Å². The van der Waals surface area contributed by atoms with Crippen LogP contribution in [0.25, 0.3) is 0 Å². The quantitative estimate of drug-likeness (QED) is 0.772. The Morgan fingerprint density at radius 2 is 1.58 bits per heavy atom. The number of hydrogen-bond acceptors (Lipinski definition) is 5. The van der Waals surface area contributed by atoms with Crippen molar-refractivity contribution >= 4 is 34.1 Å². The van der Waals surface area contributed by atoms with Gasteiger partial charge in [0.05, 0.1) is 10.9 Å². The number of nitrogens with two attached hydrogens (primary N) is 1. The maximum Gasteiger partial charge on any atom is 0.243 e. The van der Waals surface area contributed by atoms with Gasteiger partial charge in [0, 0.05) is 31.7 Å². The predicted octanol–water partition coefficient (Wildman–Crippen LogP) is 0.491. The molecule has 1 aliphatic rings. The third-order valence-electron chi connectivity index (χ3n) is 3.84. The summed E-state index contributed by atoms with van der Waals surface area (Å²) in [5.41, 5.74) is 6.04. The lowest BCUT2D eigenvalue weighted by Gasteiger charge is -2.34. The number of hydrogen-bond donors (Lipinski definition) is 1. The van der Waals surface area contributed by atoms with Crippen molar-refractivity contribution in [1.29, 1.82) is 0 Å². The molecule has 0 spiro atoms. The van der Waals surface area contributed by atoms with E-state index in [9.17, 15) is 18.0 Å². The molecular weight excluding hydrogens is 354 g/mol. The molecule has 0 aliphatic carbocycles. The molecule has 1 aliphatic heterocycles. The van der Waals surface area contributed by atoms with E-state index < -0.39 is 16.1 Å². The molecule has 0 saturated carbocycles. The van der Waals surface area contributed by atoms with Crippen molar-refractivity contribution in [3.05, 3.63) is 29.8 Å². The molecule has 0 radical (unpaired) electrons.